The second kappa shape index (κ2) is 4.81. The van der Waals surface area contributed by atoms with E-state index in [4.69, 9.17) is 0 Å². The first-order valence-electron chi connectivity index (χ1n) is 5.91. The Kier molecular flexibility index (Phi) is 4.15. The van der Waals surface area contributed by atoms with Crippen LogP contribution in [0.5, 0.6) is 0 Å². The molecule has 0 aromatic rings. The van der Waals surface area contributed by atoms with Crippen LogP contribution in [0.4, 0.5) is 0 Å². The average Bonchev–Trinajstić information content (AvgIpc) is 2.17. The first-order chi connectivity index (χ1) is 6.85. The molecule has 0 aromatic carbocycles. The topological polar surface area (TPSA) is 34.1 Å². The zero-order chi connectivity index (χ0) is 11.6. The Morgan fingerprint density at radius 2 is 1.53 bits per heavy atom. The molecule has 0 radical (unpaired) electrons. The Morgan fingerprint density at radius 3 is 1.93 bits per heavy atom. The molecule has 0 bridgehead atoms. The van der Waals surface area contributed by atoms with E-state index in [1.165, 1.54) is 0 Å². The van der Waals surface area contributed by atoms with Gasteiger partial charge < -0.3 is 0 Å². The van der Waals surface area contributed by atoms with Crippen molar-refractivity contribution in [1.29, 1.82) is 0 Å². The molecule has 2 nitrogen and oxygen atoms in total. The van der Waals surface area contributed by atoms with Gasteiger partial charge in [-0.15, -0.1) is 0 Å². The molecule has 0 aliphatic heterocycles. The van der Waals surface area contributed by atoms with E-state index in [1.54, 1.807) is 6.92 Å². The molecule has 0 amide bonds. The number of rotatable bonds is 3. The predicted molar refractivity (Wildman–Crippen MR) is 64.3 cm³/mol. The van der Waals surface area contributed by atoms with Gasteiger partial charge in [0.15, 0.2) is 0 Å². The molecule has 0 N–H and O–H groups in total. The Labute approximate surface area is 95.2 Å². The summed E-state index contributed by atoms with van der Waals surface area (Å²) < 4.78 is 0.521. The van der Waals surface area contributed by atoms with Crippen LogP contribution in [0, 0.1) is 11.8 Å². The summed E-state index contributed by atoms with van der Waals surface area (Å²) in [6.07, 6.45) is 4.35. The van der Waals surface area contributed by atoms with Crippen LogP contribution >= 0.6 is 0 Å². The van der Waals surface area contributed by atoms with Gasteiger partial charge in [0.25, 0.3) is 0 Å². The van der Waals surface area contributed by atoms with Gasteiger partial charge in [-0.3, -0.25) is 0 Å². The molecule has 1 aliphatic rings. The van der Waals surface area contributed by atoms with E-state index >= 15 is 0 Å². The van der Waals surface area contributed by atoms with E-state index in [0.29, 0.717) is 4.62 Å². The van der Waals surface area contributed by atoms with Gasteiger partial charge in [-0.1, -0.05) is 0 Å². The van der Waals surface area contributed by atoms with Crippen molar-refractivity contribution >= 4 is 22.5 Å². The van der Waals surface area contributed by atoms with Gasteiger partial charge in [0.2, 0.25) is 0 Å². The summed E-state index contributed by atoms with van der Waals surface area (Å²) in [4.78, 5) is 23.7. The normalized spacial score (nSPS) is 27.5. The summed E-state index contributed by atoms with van der Waals surface area (Å²) in [5.74, 6) is 4.87. The van der Waals surface area contributed by atoms with E-state index in [0.717, 1.165) is 31.6 Å². The molecule has 0 saturated heterocycles. The molecule has 1 rings (SSSR count). The summed E-state index contributed by atoms with van der Waals surface area (Å²) in [6, 6.07) is 0. The maximum atomic E-state index is 12.2. The summed E-state index contributed by atoms with van der Waals surface area (Å²) >= 11 is -2.80. The minimum atomic E-state index is -2.80. The van der Waals surface area contributed by atoms with Gasteiger partial charge in [-0.25, -0.2) is 0 Å². The summed E-state index contributed by atoms with van der Waals surface area (Å²) in [5.41, 5.74) is 0. The molecular formula is C12H22GeO2. The van der Waals surface area contributed by atoms with Crippen LogP contribution in [0.25, 0.3) is 0 Å². The summed E-state index contributed by atoms with van der Waals surface area (Å²) in [6.45, 7) is 3.85. The SMILES string of the molecule is C[C](=O)[Ge]([CH3])([CH3])[C](=O)C1CCC(C)CC1. The zero-order valence-electron chi connectivity index (χ0n) is 10.3. The quantitative estimate of drug-likeness (QED) is 0.739. The third kappa shape index (κ3) is 2.93. The predicted octanol–water partition coefficient (Wildman–Crippen LogP) is 2.76. The van der Waals surface area contributed by atoms with Gasteiger partial charge >= 0.3 is 95.0 Å². The number of carbonyl (C=O) groups is 2. The molecule has 1 aliphatic carbocycles. The average molecular weight is 271 g/mol. The zero-order valence-corrected chi connectivity index (χ0v) is 12.4. The third-order valence-corrected chi connectivity index (χ3v) is 11.0. The Morgan fingerprint density at radius 1 is 1.07 bits per heavy atom. The monoisotopic (exact) mass is 272 g/mol. The summed E-state index contributed by atoms with van der Waals surface area (Å²) in [5, 5.41) is 0. The minimum absolute atomic E-state index is 0.179. The molecule has 86 valence electrons. The van der Waals surface area contributed by atoms with Crippen LogP contribution in [0.2, 0.25) is 11.5 Å². The van der Waals surface area contributed by atoms with Crippen molar-refractivity contribution in [2.45, 2.75) is 51.0 Å². The second-order valence-corrected chi connectivity index (χ2v) is 14.8. The number of carbonyl (C=O) groups excluding carboxylic acids is 2. The molecule has 1 fully saturated rings. The van der Waals surface area contributed by atoms with E-state index < -0.39 is 13.3 Å². The maximum absolute atomic E-state index is 12.2. The van der Waals surface area contributed by atoms with Gasteiger partial charge in [0, 0.05) is 0 Å². The molecule has 1 saturated carbocycles. The summed E-state index contributed by atoms with van der Waals surface area (Å²) in [7, 11) is 0. The molecular weight excluding hydrogens is 249 g/mol. The van der Waals surface area contributed by atoms with Crippen molar-refractivity contribution < 1.29 is 9.59 Å². The number of hydrogen-bond acceptors (Lipinski definition) is 2. The van der Waals surface area contributed by atoms with Crippen molar-refractivity contribution in [3.05, 3.63) is 0 Å². The van der Waals surface area contributed by atoms with Gasteiger partial charge in [-0.2, -0.15) is 0 Å². The Bertz CT molecular complexity index is 263. The van der Waals surface area contributed by atoms with Crippen LogP contribution in [-0.4, -0.2) is 22.5 Å². The van der Waals surface area contributed by atoms with Crippen LogP contribution in [-0.2, 0) is 9.59 Å². The van der Waals surface area contributed by atoms with Crippen molar-refractivity contribution in [1.82, 2.24) is 0 Å². The third-order valence-electron chi connectivity index (χ3n) is 3.88. The first kappa shape index (κ1) is 13.0. The van der Waals surface area contributed by atoms with Crippen molar-refractivity contribution in [2.75, 3.05) is 0 Å². The van der Waals surface area contributed by atoms with Gasteiger partial charge in [0.05, 0.1) is 0 Å². The van der Waals surface area contributed by atoms with Gasteiger partial charge in [0.1, 0.15) is 0 Å². The molecule has 0 heterocycles. The fourth-order valence-corrected chi connectivity index (χ4v) is 5.68. The Hall–Kier alpha value is -0.117. The first-order valence-corrected chi connectivity index (χ1v) is 12.2. The van der Waals surface area contributed by atoms with E-state index in [1.807, 2.05) is 11.5 Å². The fourth-order valence-electron chi connectivity index (χ4n) is 2.21. The van der Waals surface area contributed by atoms with Crippen molar-refractivity contribution in [3.63, 3.8) is 0 Å². The second-order valence-electron chi connectivity index (χ2n) is 5.50. The molecule has 0 atom stereocenters. The van der Waals surface area contributed by atoms with Crippen LogP contribution in [0.1, 0.15) is 39.5 Å². The van der Waals surface area contributed by atoms with E-state index in [2.05, 4.69) is 6.92 Å². The Balaban J connectivity index is 2.65. The fraction of sp³-hybridized carbons (Fsp3) is 0.833. The van der Waals surface area contributed by atoms with Crippen molar-refractivity contribution in [2.24, 2.45) is 11.8 Å². The van der Waals surface area contributed by atoms with Crippen LogP contribution < -0.4 is 0 Å². The standard InChI is InChI=1S/C12H22GeO2/c1-9-5-7-11(8-6-9)12(15)13(3,4)10(2)14/h9,11H,5-8H2,1-4H3. The molecule has 0 spiro atoms. The van der Waals surface area contributed by atoms with E-state index in [9.17, 15) is 9.59 Å². The van der Waals surface area contributed by atoms with Gasteiger partial charge in [-0.05, 0) is 0 Å². The molecule has 15 heavy (non-hydrogen) atoms. The number of hydrogen-bond donors (Lipinski definition) is 0. The molecule has 0 unspecified atom stereocenters. The van der Waals surface area contributed by atoms with Crippen LogP contribution in [0.3, 0.4) is 0 Å². The molecule has 0 aromatic heterocycles. The molecule has 3 heteroatoms. The van der Waals surface area contributed by atoms with Crippen molar-refractivity contribution in [3.8, 4) is 0 Å². The van der Waals surface area contributed by atoms with E-state index in [-0.39, 0.29) is 10.5 Å². The van der Waals surface area contributed by atoms with Crippen LogP contribution in [0.15, 0.2) is 0 Å².